The van der Waals surface area contributed by atoms with Gasteiger partial charge in [-0.3, -0.25) is 0 Å². The Hall–Kier alpha value is -0.410. The molecule has 0 aliphatic rings. The molecule has 3 nitrogen and oxygen atoms in total. The van der Waals surface area contributed by atoms with Crippen LogP contribution in [-0.4, -0.2) is 20.7 Å². The van der Waals surface area contributed by atoms with E-state index in [4.69, 9.17) is 15.0 Å². The molecule has 0 rings (SSSR count). The first-order chi connectivity index (χ1) is 2.77. The molecule has 0 saturated carbocycles. The van der Waals surface area contributed by atoms with Gasteiger partial charge >= 0.3 is 0 Å². The van der Waals surface area contributed by atoms with Crippen molar-refractivity contribution in [1.29, 1.82) is 0 Å². The third-order valence-electron chi connectivity index (χ3n) is 0.133. The van der Waals surface area contributed by atoms with Crippen LogP contribution in [0.5, 0.6) is 0 Å². The highest BCUT2D eigenvalue weighted by atomic mass is 32.1. The second-order valence-corrected chi connectivity index (χ2v) is 1.20. The molecule has 0 aliphatic heterocycles. The normalized spacial score (nSPS) is 6.33. The molecular weight excluding hydrogens is 104 g/mol. The van der Waals surface area contributed by atoms with Gasteiger partial charge in [-0.25, -0.2) is 4.79 Å². The number of rotatable bonds is 0. The van der Waals surface area contributed by atoms with Crippen molar-refractivity contribution in [2.24, 2.45) is 0 Å². The molecule has 6 heavy (non-hydrogen) atoms. The quantitative estimate of drug-likeness (QED) is 0.427. The largest absolute Gasteiger partial charge is 0.332 e. The van der Waals surface area contributed by atoms with E-state index in [1.165, 1.54) is 5.23 Å². The average molecular weight is 106 g/mol. The summed E-state index contributed by atoms with van der Waals surface area (Å²) in [6, 6.07) is 0. The molecular formula is C2H2O3S. The molecule has 0 spiro atoms. The van der Waals surface area contributed by atoms with E-state index in [1.54, 1.807) is 0 Å². The lowest BCUT2D eigenvalue weighted by molar-refractivity contribution is 0.385. The molecule has 0 aromatic heterocycles. The van der Waals surface area contributed by atoms with Crippen LogP contribution >= 0.6 is 10.9 Å². The Morgan fingerprint density at radius 2 is 2.17 bits per heavy atom. The van der Waals surface area contributed by atoms with Crippen molar-refractivity contribution in [1.82, 2.24) is 0 Å². The van der Waals surface area contributed by atoms with Gasteiger partial charge in [-0.2, -0.15) is 0 Å². The van der Waals surface area contributed by atoms with Crippen LogP contribution < -0.4 is 0 Å². The first-order valence-electron chi connectivity index (χ1n) is 1.06. The maximum Gasteiger partial charge on any atom is 0.248 e. The predicted molar refractivity (Wildman–Crippen MR) is 23.5 cm³/mol. The van der Waals surface area contributed by atoms with Gasteiger partial charge in [-0.05, 0) is 0 Å². The van der Waals surface area contributed by atoms with Crippen molar-refractivity contribution >= 4 is 21.4 Å². The fourth-order valence-corrected chi connectivity index (χ4v) is 0.112. The highest BCUT2D eigenvalue weighted by Crippen LogP contribution is 1.59. The third kappa shape index (κ3) is 3.59. The molecule has 0 amide bonds. The van der Waals surface area contributed by atoms with Gasteiger partial charge in [0.1, 0.15) is 0 Å². The second-order valence-electron chi connectivity index (χ2n) is 0.468. The summed E-state index contributed by atoms with van der Waals surface area (Å²) in [6.07, 6.45) is 0. The number of carbonyl (C=O) groups excluding carboxylic acids is 1. The molecule has 0 aromatic carbocycles. The van der Waals surface area contributed by atoms with Crippen molar-refractivity contribution in [2.75, 3.05) is 0 Å². The summed E-state index contributed by atoms with van der Waals surface area (Å²) in [5.74, 6) is 0. The van der Waals surface area contributed by atoms with Crippen molar-refractivity contribution in [3.63, 3.8) is 0 Å². The van der Waals surface area contributed by atoms with Crippen molar-refractivity contribution in [2.45, 2.75) is 0 Å². The lowest BCUT2D eigenvalue weighted by atomic mass is 11.5. The molecule has 0 fully saturated rings. The minimum absolute atomic E-state index is 0.208. The van der Waals surface area contributed by atoms with Gasteiger partial charge < -0.3 is 10.2 Å². The minimum Gasteiger partial charge on any atom is -0.332 e. The predicted octanol–water partition coefficient (Wildman–Crippen LogP) is -0.00980. The fraction of sp³-hybridized carbons (Fsp3) is 0. The summed E-state index contributed by atoms with van der Waals surface area (Å²) in [7, 11) is 0.208. The van der Waals surface area contributed by atoms with Crippen molar-refractivity contribution in [3.8, 4) is 0 Å². The fourth-order valence-electron chi connectivity index (χ4n) is 0.0373. The van der Waals surface area contributed by atoms with E-state index in [1.807, 2.05) is 0 Å². The van der Waals surface area contributed by atoms with E-state index < -0.39 is 5.24 Å². The number of aliphatic hydroxyl groups is 2. The molecule has 0 atom stereocenters. The monoisotopic (exact) mass is 106 g/mol. The summed E-state index contributed by atoms with van der Waals surface area (Å²) in [5, 5.41) is 15.7. The Labute approximate surface area is 37.4 Å². The Morgan fingerprint density at radius 3 is 2.17 bits per heavy atom. The summed E-state index contributed by atoms with van der Waals surface area (Å²) in [4.78, 5) is 9.11. The van der Waals surface area contributed by atoms with Crippen LogP contribution in [0.3, 0.4) is 0 Å². The summed E-state index contributed by atoms with van der Waals surface area (Å²) in [6.45, 7) is 0. The molecule has 4 heteroatoms. The maximum atomic E-state index is 9.11. The van der Waals surface area contributed by atoms with Gasteiger partial charge in [-0.1, -0.05) is 0 Å². The lowest BCUT2D eigenvalue weighted by Crippen LogP contribution is -1.82. The molecule has 0 radical (unpaired) electrons. The van der Waals surface area contributed by atoms with Crippen molar-refractivity contribution in [3.05, 3.63) is 0 Å². The van der Waals surface area contributed by atoms with Crippen LogP contribution in [-0.2, 0) is 4.79 Å². The van der Waals surface area contributed by atoms with Gasteiger partial charge in [0.2, 0.25) is 5.24 Å². The minimum atomic E-state index is -0.968. The van der Waals surface area contributed by atoms with E-state index in [9.17, 15) is 0 Å². The number of hydrogen-bond acceptors (Lipinski definition) is 1. The zero-order valence-corrected chi connectivity index (χ0v) is 3.53. The standard InChI is InChI=1S/C2H2O3S/c3-1-6-2(4)5/h4-5H. The second kappa shape index (κ2) is 2.81. The Bertz CT molecular complexity index is 113. The molecule has 0 unspecified atom stereocenters. The van der Waals surface area contributed by atoms with E-state index >= 15 is 0 Å². The topological polar surface area (TPSA) is 57.5 Å². The average Bonchev–Trinajstić information content (AvgIpc) is 1.35. The lowest BCUT2D eigenvalue weighted by Gasteiger charge is -1.65. The van der Waals surface area contributed by atoms with E-state index in [0.717, 1.165) is 0 Å². The molecule has 0 aromatic rings. The van der Waals surface area contributed by atoms with Gasteiger partial charge in [0.25, 0.3) is 0 Å². The highest BCUT2D eigenvalue weighted by molar-refractivity contribution is 7.95. The SMILES string of the molecule is O=C=S=C(O)O. The Morgan fingerprint density at radius 1 is 1.67 bits per heavy atom. The van der Waals surface area contributed by atoms with E-state index in [0.29, 0.717) is 0 Å². The zero-order valence-electron chi connectivity index (χ0n) is 2.71. The van der Waals surface area contributed by atoms with E-state index in [-0.39, 0.29) is 10.9 Å². The Balaban J connectivity index is 4.13. The van der Waals surface area contributed by atoms with Gasteiger partial charge in [0, 0.05) is 10.9 Å². The maximum absolute atomic E-state index is 9.11. The first kappa shape index (κ1) is 5.59. The molecule has 2 N–H and O–H groups in total. The van der Waals surface area contributed by atoms with Gasteiger partial charge in [0.05, 0.1) is 0 Å². The summed E-state index contributed by atoms with van der Waals surface area (Å²) in [5.41, 5.74) is 0. The van der Waals surface area contributed by atoms with Gasteiger partial charge in [0.15, 0.2) is 5.23 Å². The summed E-state index contributed by atoms with van der Waals surface area (Å²) >= 11 is 0. The molecule has 0 bridgehead atoms. The van der Waals surface area contributed by atoms with E-state index in [2.05, 4.69) is 0 Å². The van der Waals surface area contributed by atoms with Gasteiger partial charge in [-0.15, -0.1) is 0 Å². The number of hydrogen-bond donors (Lipinski definition) is 2. The van der Waals surface area contributed by atoms with Crippen molar-refractivity contribution < 1.29 is 15.0 Å². The van der Waals surface area contributed by atoms with Crippen LogP contribution in [0.4, 0.5) is 0 Å². The molecule has 0 heterocycles. The van der Waals surface area contributed by atoms with Crippen LogP contribution in [0.1, 0.15) is 0 Å². The smallest absolute Gasteiger partial charge is 0.248 e. The third-order valence-corrected chi connectivity index (χ3v) is 0.399. The first-order valence-corrected chi connectivity index (χ1v) is 1.88. The highest BCUT2D eigenvalue weighted by Gasteiger charge is 1.66. The zero-order chi connectivity index (χ0) is 4.99. The van der Waals surface area contributed by atoms with Crippen LogP contribution in [0.2, 0.25) is 0 Å². The molecule has 0 aliphatic carbocycles. The molecule has 0 saturated heterocycles. The van der Waals surface area contributed by atoms with Crippen LogP contribution in [0.25, 0.3) is 0 Å². The summed E-state index contributed by atoms with van der Waals surface area (Å²) < 4.78 is 0. The number of aliphatic hydroxyl groups excluding tert-OH is 1. The van der Waals surface area contributed by atoms with Crippen LogP contribution in [0.15, 0.2) is 0 Å². The molecule has 34 valence electrons. The van der Waals surface area contributed by atoms with Crippen LogP contribution in [0, 0.1) is 0 Å². The Kier molecular flexibility index (Phi) is 2.62.